The Morgan fingerprint density at radius 1 is 1.08 bits per heavy atom. The van der Waals surface area contributed by atoms with Crippen LogP contribution in [0.5, 0.6) is 0 Å². The molecule has 0 radical (unpaired) electrons. The van der Waals surface area contributed by atoms with Crippen LogP contribution in [0.25, 0.3) is 0 Å². The van der Waals surface area contributed by atoms with Gasteiger partial charge in [0.1, 0.15) is 6.33 Å². The molecule has 1 heterocycles. The second-order valence-corrected chi connectivity index (χ2v) is 6.78. The van der Waals surface area contributed by atoms with Crippen LogP contribution < -0.4 is 10.6 Å². The van der Waals surface area contributed by atoms with Gasteiger partial charge in [-0.2, -0.15) is 0 Å². The summed E-state index contributed by atoms with van der Waals surface area (Å²) in [5.41, 5.74) is 0.692. The van der Waals surface area contributed by atoms with Gasteiger partial charge in [0.05, 0.1) is 6.04 Å². The molecule has 2 amide bonds. The van der Waals surface area contributed by atoms with Gasteiger partial charge in [0.15, 0.2) is 5.82 Å². The highest BCUT2D eigenvalue weighted by molar-refractivity contribution is 5.98. The zero-order valence-electron chi connectivity index (χ0n) is 14.6. The second-order valence-electron chi connectivity index (χ2n) is 6.78. The van der Waals surface area contributed by atoms with Crippen LogP contribution in [0.1, 0.15) is 60.3 Å². The summed E-state index contributed by atoms with van der Waals surface area (Å²) in [5.74, 6) is 0.278. The summed E-state index contributed by atoms with van der Waals surface area (Å²) in [6, 6.07) is 6.28. The molecular formula is C17H23N5O2. The minimum Gasteiger partial charge on any atom is -0.347 e. The molecule has 128 valence electrons. The summed E-state index contributed by atoms with van der Waals surface area (Å²) < 4.78 is 1.75. The number of aromatic nitrogens is 3. The molecule has 7 nitrogen and oxygen atoms in total. The van der Waals surface area contributed by atoms with E-state index in [9.17, 15) is 9.59 Å². The highest BCUT2D eigenvalue weighted by Gasteiger charge is 2.17. The van der Waals surface area contributed by atoms with Crippen molar-refractivity contribution in [2.75, 3.05) is 0 Å². The van der Waals surface area contributed by atoms with Crippen molar-refractivity contribution in [3.8, 4) is 0 Å². The lowest BCUT2D eigenvalue weighted by Gasteiger charge is -2.20. The molecule has 0 saturated heterocycles. The number of nitrogens with one attached hydrogen (secondary N) is 2. The molecule has 0 fully saturated rings. The van der Waals surface area contributed by atoms with Gasteiger partial charge in [0.25, 0.3) is 11.8 Å². The van der Waals surface area contributed by atoms with E-state index in [-0.39, 0.29) is 23.4 Å². The van der Waals surface area contributed by atoms with Gasteiger partial charge in [0, 0.05) is 23.7 Å². The van der Waals surface area contributed by atoms with Crippen LogP contribution in [0.2, 0.25) is 0 Å². The van der Waals surface area contributed by atoms with Crippen molar-refractivity contribution in [3.63, 3.8) is 0 Å². The minimum absolute atomic E-state index is 0.165. The van der Waals surface area contributed by atoms with E-state index in [1.165, 1.54) is 0 Å². The van der Waals surface area contributed by atoms with E-state index < -0.39 is 0 Å². The monoisotopic (exact) mass is 329 g/mol. The van der Waals surface area contributed by atoms with Crippen LogP contribution in [0.4, 0.5) is 0 Å². The molecule has 2 N–H and O–H groups in total. The molecule has 0 spiro atoms. The van der Waals surface area contributed by atoms with E-state index in [4.69, 9.17) is 0 Å². The average Bonchev–Trinajstić information content (AvgIpc) is 2.92. The van der Waals surface area contributed by atoms with Crippen molar-refractivity contribution in [1.82, 2.24) is 25.4 Å². The number of benzene rings is 1. The maximum Gasteiger partial charge on any atom is 0.251 e. The Labute approximate surface area is 141 Å². The van der Waals surface area contributed by atoms with Crippen LogP contribution in [0, 0.1) is 0 Å². The quantitative estimate of drug-likeness (QED) is 0.895. The third kappa shape index (κ3) is 4.41. The first-order valence-corrected chi connectivity index (χ1v) is 7.75. The Balaban J connectivity index is 2.03. The van der Waals surface area contributed by atoms with Crippen LogP contribution in [0.3, 0.4) is 0 Å². The molecule has 1 atom stereocenters. The van der Waals surface area contributed by atoms with Gasteiger partial charge in [-0.05, 0) is 52.0 Å². The van der Waals surface area contributed by atoms with Gasteiger partial charge in [-0.25, -0.2) is 0 Å². The fourth-order valence-electron chi connectivity index (χ4n) is 2.21. The third-order valence-electron chi connectivity index (χ3n) is 3.38. The Kier molecular flexibility index (Phi) is 5.02. The van der Waals surface area contributed by atoms with Crippen molar-refractivity contribution in [3.05, 3.63) is 47.5 Å². The Morgan fingerprint density at radius 3 is 2.08 bits per heavy atom. The number of amides is 2. The van der Waals surface area contributed by atoms with Crippen LogP contribution in [-0.4, -0.2) is 32.1 Å². The first-order chi connectivity index (χ1) is 11.2. The van der Waals surface area contributed by atoms with Crippen molar-refractivity contribution in [1.29, 1.82) is 0 Å². The first-order valence-electron chi connectivity index (χ1n) is 7.75. The topological polar surface area (TPSA) is 88.9 Å². The summed E-state index contributed by atoms with van der Waals surface area (Å²) in [6.45, 7) is 7.59. The maximum absolute atomic E-state index is 12.3. The van der Waals surface area contributed by atoms with Gasteiger partial charge in [-0.1, -0.05) is 0 Å². The minimum atomic E-state index is -0.307. The fourth-order valence-corrected chi connectivity index (χ4v) is 2.21. The number of nitrogens with zero attached hydrogens (tertiary/aromatic N) is 3. The third-order valence-corrected chi connectivity index (χ3v) is 3.38. The van der Waals surface area contributed by atoms with Gasteiger partial charge < -0.3 is 15.2 Å². The van der Waals surface area contributed by atoms with Crippen molar-refractivity contribution < 1.29 is 9.59 Å². The summed E-state index contributed by atoms with van der Waals surface area (Å²) in [6.07, 6.45) is 1.58. The Hall–Kier alpha value is -2.70. The molecule has 2 aromatic rings. The zero-order chi connectivity index (χ0) is 17.9. The smallest absolute Gasteiger partial charge is 0.251 e. The van der Waals surface area contributed by atoms with E-state index in [1.54, 1.807) is 35.2 Å². The van der Waals surface area contributed by atoms with Crippen LogP contribution in [0.15, 0.2) is 30.6 Å². The van der Waals surface area contributed by atoms with Crippen LogP contribution >= 0.6 is 0 Å². The van der Waals surface area contributed by atoms with Gasteiger partial charge in [-0.15, -0.1) is 10.2 Å². The fraction of sp³-hybridized carbons (Fsp3) is 0.412. The van der Waals surface area contributed by atoms with E-state index in [0.29, 0.717) is 17.0 Å². The molecule has 0 unspecified atom stereocenters. The Morgan fingerprint density at radius 2 is 1.62 bits per heavy atom. The standard InChI is InChI=1S/C17H23N5O2/c1-11(14-21-18-10-22(14)5)19-15(23)12-6-8-13(9-7-12)16(24)20-17(2,3)4/h6-11H,1-5H3,(H,19,23)(H,20,24)/t11-/m0/s1. The molecule has 2 rings (SSSR count). The number of hydrogen-bond donors (Lipinski definition) is 2. The van der Waals surface area contributed by atoms with E-state index in [1.807, 2.05) is 34.7 Å². The predicted octanol–water partition coefficient (Wildman–Crippen LogP) is 1.83. The molecule has 0 aliphatic rings. The summed E-state index contributed by atoms with van der Waals surface area (Å²) in [7, 11) is 1.82. The van der Waals surface area contributed by atoms with Crippen molar-refractivity contribution in [2.24, 2.45) is 7.05 Å². The van der Waals surface area contributed by atoms with Crippen molar-refractivity contribution in [2.45, 2.75) is 39.3 Å². The number of carbonyl (C=O) groups is 2. The molecule has 24 heavy (non-hydrogen) atoms. The average molecular weight is 329 g/mol. The molecule has 0 aliphatic carbocycles. The Bertz CT molecular complexity index is 728. The van der Waals surface area contributed by atoms with Gasteiger partial charge in [-0.3, -0.25) is 9.59 Å². The molecular weight excluding hydrogens is 306 g/mol. The summed E-state index contributed by atoms with van der Waals surface area (Å²) in [4.78, 5) is 24.4. The van der Waals surface area contributed by atoms with E-state index in [0.717, 1.165) is 0 Å². The largest absolute Gasteiger partial charge is 0.347 e. The number of rotatable bonds is 4. The van der Waals surface area contributed by atoms with Gasteiger partial charge in [0.2, 0.25) is 0 Å². The maximum atomic E-state index is 12.3. The lowest BCUT2D eigenvalue weighted by atomic mass is 10.1. The normalized spacial score (nSPS) is 12.5. The lowest BCUT2D eigenvalue weighted by molar-refractivity contribution is 0.0913. The first kappa shape index (κ1) is 17.7. The number of carbonyl (C=O) groups excluding carboxylic acids is 2. The SMILES string of the molecule is C[C@H](NC(=O)c1ccc(C(=O)NC(C)(C)C)cc1)c1nncn1C. The lowest BCUT2D eigenvalue weighted by Crippen LogP contribution is -2.40. The highest BCUT2D eigenvalue weighted by atomic mass is 16.2. The summed E-state index contributed by atoms with van der Waals surface area (Å²) >= 11 is 0. The van der Waals surface area contributed by atoms with Gasteiger partial charge >= 0.3 is 0 Å². The molecule has 0 saturated carbocycles. The molecule has 7 heteroatoms. The molecule has 0 aliphatic heterocycles. The van der Waals surface area contributed by atoms with E-state index in [2.05, 4.69) is 20.8 Å². The second kappa shape index (κ2) is 6.82. The summed E-state index contributed by atoms with van der Waals surface area (Å²) in [5, 5.41) is 13.5. The molecule has 1 aromatic heterocycles. The number of aryl methyl sites for hydroxylation is 1. The van der Waals surface area contributed by atoms with Crippen molar-refractivity contribution >= 4 is 11.8 Å². The molecule has 0 bridgehead atoms. The van der Waals surface area contributed by atoms with E-state index >= 15 is 0 Å². The zero-order valence-corrected chi connectivity index (χ0v) is 14.6. The molecule has 1 aromatic carbocycles. The van der Waals surface area contributed by atoms with Crippen LogP contribution in [-0.2, 0) is 7.05 Å². The predicted molar refractivity (Wildman–Crippen MR) is 90.5 cm³/mol. The highest BCUT2D eigenvalue weighted by Crippen LogP contribution is 2.11. The number of hydrogen-bond acceptors (Lipinski definition) is 4.